The van der Waals surface area contributed by atoms with Crippen LogP contribution in [0.4, 0.5) is 5.13 Å². The Labute approximate surface area is 519 Å². The van der Waals surface area contributed by atoms with Crippen molar-refractivity contribution in [2.45, 2.75) is 135 Å². The molecule has 0 bridgehead atoms. The summed E-state index contributed by atoms with van der Waals surface area (Å²) in [6.45, 7) is 11.3. The molecule has 0 N–H and O–H groups in total. The Balaban J connectivity index is 0.861. The summed E-state index contributed by atoms with van der Waals surface area (Å²) >= 11 is 1.55. The smallest absolute Gasteiger partial charge is 0.330 e. The molecule has 0 saturated heterocycles. The second-order valence-electron chi connectivity index (χ2n) is 22.3. The fraction of sp³-hybridized carbons (Fsp3) is 0.429. The topological polar surface area (TPSA) is 205 Å². The number of rotatable bonds is 34. The summed E-state index contributed by atoms with van der Waals surface area (Å²) in [5.74, 6) is -1.45. The van der Waals surface area contributed by atoms with Gasteiger partial charge in [0.25, 0.3) is 0 Å². The predicted molar refractivity (Wildman–Crippen MR) is 339 cm³/mol. The van der Waals surface area contributed by atoms with Crippen molar-refractivity contribution in [1.82, 2.24) is 4.98 Å². The third-order valence-corrected chi connectivity index (χ3v) is 16.8. The van der Waals surface area contributed by atoms with Crippen molar-refractivity contribution in [3.63, 3.8) is 0 Å². The van der Waals surface area contributed by atoms with Crippen LogP contribution in [-0.4, -0.2) is 80.0 Å². The average molecular weight is 1220 g/mol. The maximum atomic E-state index is 14.1. The molecular formula is C70H81N3O14S. The number of ether oxygens (including phenoxy) is 8. The Morgan fingerprint density at radius 3 is 1.49 bits per heavy atom. The van der Waals surface area contributed by atoms with Gasteiger partial charge >= 0.3 is 35.8 Å². The van der Waals surface area contributed by atoms with Crippen molar-refractivity contribution in [3.05, 3.63) is 134 Å². The lowest BCUT2D eigenvalue weighted by Gasteiger charge is -2.26. The lowest BCUT2D eigenvalue weighted by Crippen LogP contribution is -2.30. The molecule has 2 saturated carbocycles. The van der Waals surface area contributed by atoms with Gasteiger partial charge in [0.1, 0.15) is 34.5 Å². The van der Waals surface area contributed by atoms with E-state index in [1.165, 1.54) is 0 Å². The molecule has 6 aromatic rings. The minimum atomic E-state index is -0.473. The molecule has 2 aliphatic rings. The van der Waals surface area contributed by atoms with Gasteiger partial charge in [0.2, 0.25) is 5.13 Å². The first-order valence-corrected chi connectivity index (χ1v) is 31.9. The zero-order valence-electron chi connectivity index (χ0n) is 50.4. The molecule has 0 unspecified atom stereocenters. The Bertz CT molecular complexity index is 3310. The number of carbonyl (C=O) groups is 6. The van der Waals surface area contributed by atoms with E-state index in [-0.39, 0.29) is 29.4 Å². The molecule has 18 heteroatoms. The second kappa shape index (κ2) is 34.8. The summed E-state index contributed by atoms with van der Waals surface area (Å²) < 4.78 is 46.5. The second-order valence-corrected chi connectivity index (χ2v) is 23.3. The normalized spacial score (nSPS) is 16.5. The van der Waals surface area contributed by atoms with Crippen LogP contribution in [-0.2, 0) is 38.2 Å². The SMILES string of the molecule is C=CC(=O)OCCCCCCOc1ccc(OC(=O)[C@H]2CC[C@H](C(=O)Oc3ccc(OC(=O)[C@H]4CC[C@H](C(=O)Oc5ccc(OCCCCCCOC(=O)C=C)cc5)CC4)c(/C=N/N(CCCCCC)c4nc5c(ccc6ccccc65)s4)c3)CC2)cc1. The summed E-state index contributed by atoms with van der Waals surface area (Å²) in [7, 11) is 0. The molecule has 2 aliphatic carbocycles. The number of fused-ring (bicyclic) bond motifs is 3. The maximum absolute atomic E-state index is 14.1. The molecule has 0 atom stereocenters. The lowest BCUT2D eigenvalue weighted by molar-refractivity contribution is -0.145. The van der Waals surface area contributed by atoms with Crippen LogP contribution in [0.15, 0.2) is 134 Å². The molecule has 0 aliphatic heterocycles. The number of esters is 6. The highest BCUT2D eigenvalue weighted by Crippen LogP contribution is 2.37. The van der Waals surface area contributed by atoms with Crippen LogP contribution in [0.5, 0.6) is 34.5 Å². The number of benzene rings is 5. The third-order valence-electron chi connectivity index (χ3n) is 15.8. The molecule has 466 valence electrons. The van der Waals surface area contributed by atoms with E-state index >= 15 is 0 Å². The van der Waals surface area contributed by atoms with E-state index in [4.69, 9.17) is 48.0 Å². The molecule has 1 aromatic heterocycles. The Hall–Kier alpha value is -8.38. The van der Waals surface area contributed by atoms with Gasteiger partial charge in [-0.25, -0.2) is 19.6 Å². The number of unbranched alkanes of at least 4 members (excludes halogenated alkanes) is 9. The molecule has 8 rings (SSSR count). The van der Waals surface area contributed by atoms with Crippen LogP contribution in [0.2, 0.25) is 0 Å². The first kappa shape index (κ1) is 65.6. The molecule has 5 aromatic carbocycles. The number of hydrogen-bond acceptors (Lipinski definition) is 18. The Kier molecular flexibility index (Phi) is 26.0. The van der Waals surface area contributed by atoms with Crippen LogP contribution in [0.1, 0.15) is 141 Å². The van der Waals surface area contributed by atoms with Crippen molar-refractivity contribution >= 4 is 79.5 Å². The van der Waals surface area contributed by atoms with E-state index in [1.807, 2.05) is 17.1 Å². The monoisotopic (exact) mass is 1220 g/mol. The fourth-order valence-electron chi connectivity index (χ4n) is 10.7. The lowest BCUT2D eigenvalue weighted by atomic mass is 9.82. The average Bonchev–Trinajstić information content (AvgIpc) is 3.46. The number of carbonyl (C=O) groups excluding carboxylic acids is 6. The van der Waals surface area contributed by atoms with Crippen LogP contribution in [0, 0.1) is 23.7 Å². The Morgan fingerprint density at radius 1 is 0.523 bits per heavy atom. The minimum absolute atomic E-state index is 0.239. The van der Waals surface area contributed by atoms with Gasteiger partial charge in [-0.3, -0.25) is 19.2 Å². The number of aromatic nitrogens is 1. The van der Waals surface area contributed by atoms with E-state index in [0.717, 1.165) is 110 Å². The van der Waals surface area contributed by atoms with Gasteiger partial charge in [-0.1, -0.05) is 81.0 Å². The molecule has 17 nitrogen and oxygen atoms in total. The third kappa shape index (κ3) is 20.4. The number of nitrogens with zero attached hydrogens (tertiary/aromatic N) is 3. The summed E-state index contributed by atoms with van der Waals surface area (Å²) in [6.07, 6.45) is 18.4. The first-order valence-electron chi connectivity index (χ1n) is 31.1. The van der Waals surface area contributed by atoms with E-state index in [1.54, 1.807) is 84.3 Å². The van der Waals surface area contributed by atoms with Crippen molar-refractivity contribution in [2.75, 3.05) is 38.0 Å². The van der Waals surface area contributed by atoms with Crippen molar-refractivity contribution in [1.29, 1.82) is 0 Å². The zero-order valence-corrected chi connectivity index (χ0v) is 51.2. The van der Waals surface area contributed by atoms with Gasteiger partial charge in [-0.15, -0.1) is 0 Å². The number of hydrazone groups is 1. The van der Waals surface area contributed by atoms with Crippen molar-refractivity contribution < 1.29 is 66.7 Å². The van der Waals surface area contributed by atoms with Crippen molar-refractivity contribution in [2.24, 2.45) is 28.8 Å². The Morgan fingerprint density at radius 2 is 0.977 bits per heavy atom. The number of thiazole rings is 1. The van der Waals surface area contributed by atoms with Crippen LogP contribution < -0.4 is 33.4 Å². The molecule has 88 heavy (non-hydrogen) atoms. The van der Waals surface area contributed by atoms with Crippen molar-refractivity contribution in [3.8, 4) is 34.5 Å². The predicted octanol–water partition coefficient (Wildman–Crippen LogP) is 14.8. The molecule has 1 heterocycles. The van der Waals surface area contributed by atoms with E-state index < -0.39 is 41.6 Å². The van der Waals surface area contributed by atoms with E-state index in [9.17, 15) is 28.8 Å². The minimum Gasteiger partial charge on any atom is -0.494 e. The van der Waals surface area contributed by atoms with Crippen LogP contribution in [0.3, 0.4) is 0 Å². The fourth-order valence-corrected chi connectivity index (χ4v) is 11.6. The summed E-state index contributed by atoms with van der Waals surface area (Å²) in [5.41, 5.74) is 1.31. The summed E-state index contributed by atoms with van der Waals surface area (Å²) in [5, 5.41) is 9.76. The largest absolute Gasteiger partial charge is 0.494 e. The number of hydrogen-bond donors (Lipinski definition) is 0. The van der Waals surface area contributed by atoms with Crippen LogP contribution in [0.25, 0.3) is 21.0 Å². The van der Waals surface area contributed by atoms with Gasteiger partial charge in [0.15, 0.2) is 0 Å². The summed E-state index contributed by atoms with van der Waals surface area (Å²) in [4.78, 5) is 82.1. The highest BCUT2D eigenvalue weighted by molar-refractivity contribution is 7.22. The molecular weight excluding hydrogens is 1140 g/mol. The van der Waals surface area contributed by atoms with Crippen LogP contribution >= 0.6 is 11.3 Å². The van der Waals surface area contributed by atoms with Gasteiger partial charge in [0.05, 0.1) is 66.5 Å². The molecule has 0 spiro atoms. The van der Waals surface area contributed by atoms with Gasteiger partial charge in [-0.2, -0.15) is 5.10 Å². The summed E-state index contributed by atoms with van der Waals surface area (Å²) in [6, 6.07) is 31.1. The standard InChI is InChI=1S/C70H81N3O14S/c1-4-7-8-15-42-73(70-72-65-60-21-14-13-20-49(60)30-41-62(65)88-70)71-48-54-47-59(86-68(78)52-24-22-50(23-25-52)66(76)84-57-35-31-55(32-36-57)80-43-16-9-11-18-45-82-63(74)5-2)39-40-61(54)87-69(79)53-28-26-51(27-29-53)67(77)85-58-37-33-56(34-38-58)81-44-17-10-12-19-46-83-64(75)6-3/h5-6,13-14,20-21,30-41,47-48,50-53H,2-4,7-12,15-19,22-29,42-46H2,1H3/b71-48+/t50-,51-,52-,53-. The van der Waals surface area contributed by atoms with Gasteiger partial charge < -0.3 is 37.9 Å². The number of anilines is 1. The zero-order chi connectivity index (χ0) is 61.9. The highest BCUT2D eigenvalue weighted by atomic mass is 32.1. The quantitative estimate of drug-likeness (QED) is 0.00920. The van der Waals surface area contributed by atoms with E-state index in [0.29, 0.717) is 118 Å². The van der Waals surface area contributed by atoms with E-state index in [2.05, 4.69) is 44.3 Å². The molecule has 0 radical (unpaired) electrons. The first-order chi connectivity index (χ1) is 43.0. The molecule has 0 amide bonds. The van der Waals surface area contributed by atoms with Gasteiger partial charge in [0, 0.05) is 29.6 Å². The maximum Gasteiger partial charge on any atom is 0.330 e. The van der Waals surface area contributed by atoms with Gasteiger partial charge in [-0.05, 0) is 187 Å². The molecule has 2 fully saturated rings. The highest BCUT2D eigenvalue weighted by Gasteiger charge is 2.34.